The predicted molar refractivity (Wildman–Crippen MR) is 90.9 cm³/mol. The zero-order valence-corrected chi connectivity index (χ0v) is 13.9. The van der Waals surface area contributed by atoms with E-state index in [1.807, 2.05) is 0 Å². The van der Waals surface area contributed by atoms with Gasteiger partial charge in [-0.3, -0.25) is 14.9 Å². The van der Waals surface area contributed by atoms with Gasteiger partial charge in [-0.1, -0.05) is 12.1 Å². The second kappa shape index (κ2) is 8.57. The molecule has 1 aromatic carbocycles. The van der Waals surface area contributed by atoms with Gasteiger partial charge in [0.15, 0.2) is 0 Å². The lowest BCUT2D eigenvalue weighted by Crippen LogP contribution is -2.45. The zero-order chi connectivity index (χ0) is 18.4. The first-order chi connectivity index (χ1) is 11.9. The van der Waals surface area contributed by atoms with Crippen molar-refractivity contribution in [3.63, 3.8) is 0 Å². The fourth-order valence-electron chi connectivity index (χ4n) is 3.18. The highest BCUT2D eigenvalue weighted by molar-refractivity contribution is 5.85. The predicted octanol–water partition coefficient (Wildman–Crippen LogP) is 1.47. The third kappa shape index (κ3) is 5.25. The molecule has 0 spiro atoms. The highest BCUT2D eigenvalue weighted by Crippen LogP contribution is 2.28. The van der Waals surface area contributed by atoms with Crippen LogP contribution in [-0.4, -0.2) is 34.5 Å². The topological polar surface area (TPSA) is 136 Å². The number of nitrogens with two attached hydrogens (primary N) is 1. The number of rotatable bonds is 7. The van der Waals surface area contributed by atoms with Crippen LogP contribution in [0.4, 0.5) is 5.69 Å². The van der Waals surface area contributed by atoms with Crippen molar-refractivity contribution in [3.05, 3.63) is 39.9 Å². The first-order valence-electron chi connectivity index (χ1n) is 8.37. The minimum absolute atomic E-state index is 0.000891. The summed E-state index contributed by atoms with van der Waals surface area (Å²) < 4.78 is 0. The van der Waals surface area contributed by atoms with Gasteiger partial charge in [-0.25, -0.2) is 4.79 Å². The lowest BCUT2D eigenvalue weighted by atomic mass is 9.81. The number of hydrogen-bond donors (Lipinski definition) is 3. The van der Waals surface area contributed by atoms with Crippen molar-refractivity contribution < 1.29 is 19.6 Å². The van der Waals surface area contributed by atoms with Crippen LogP contribution in [0.5, 0.6) is 0 Å². The summed E-state index contributed by atoms with van der Waals surface area (Å²) in [7, 11) is 0. The molecule has 4 N–H and O–H groups in total. The number of carboxylic acid groups (broad SMARTS) is 1. The fraction of sp³-hybridized carbons (Fsp3) is 0.529. The molecule has 1 fully saturated rings. The number of non-ortho nitro benzene ring substituents is 1. The van der Waals surface area contributed by atoms with E-state index in [0.717, 1.165) is 12.8 Å². The van der Waals surface area contributed by atoms with Gasteiger partial charge in [0, 0.05) is 24.5 Å². The van der Waals surface area contributed by atoms with Crippen LogP contribution in [0, 0.1) is 22.0 Å². The van der Waals surface area contributed by atoms with Gasteiger partial charge in [0.1, 0.15) is 6.04 Å². The van der Waals surface area contributed by atoms with Crippen molar-refractivity contribution in [3.8, 4) is 0 Å². The van der Waals surface area contributed by atoms with Gasteiger partial charge in [-0.2, -0.15) is 0 Å². The van der Waals surface area contributed by atoms with Crippen LogP contribution >= 0.6 is 0 Å². The maximum Gasteiger partial charge on any atom is 0.326 e. The normalized spacial score (nSPS) is 21.3. The molecule has 1 unspecified atom stereocenters. The zero-order valence-electron chi connectivity index (χ0n) is 13.9. The van der Waals surface area contributed by atoms with Crippen LogP contribution in [0.15, 0.2) is 24.3 Å². The molecule has 1 aromatic rings. The minimum atomic E-state index is -1.16. The van der Waals surface area contributed by atoms with E-state index in [9.17, 15) is 24.8 Å². The average Bonchev–Trinajstić information content (AvgIpc) is 2.61. The highest BCUT2D eigenvalue weighted by atomic mass is 16.6. The van der Waals surface area contributed by atoms with Crippen molar-refractivity contribution in [2.45, 2.75) is 38.1 Å². The Labute approximate surface area is 145 Å². The summed E-state index contributed by atoms with van der Waals surface area (Å²) in [4.78, 5) is 34.1. The van der Waals surface area contributed by atoms with Crippen LogP contribution in [0.1, 0.15) is 31.2 Å². The standard InChI is InChI=1S/C17H23N3O5/c18-10-11-4-6-13(7-5-11)16(21)19-15(17(22)23)9-12-2-1-3-14(8-12)20(24)25/h1-3,8,11,13,15H,4-7,9-10,18H2,(H,19,21)(H,22,23). The quantitative estimate of drug-likeness (QED) is 0.504. The minimum Gasteiger partial charge on any atom is -0.480 e. The van der Waals surface area contributed by atoms with Crippen molar-refractivity contribution in [1.82, 2.24) is 5.32 Å². The molecule has 8 heteroatoms. The molecule has 0 radical (unpaired) electrons. The summed E-state index contributed by atoms with van der Waals surface area (Å²) in [5.74, 6) is -1.19. The lowest BCUT2D eigenvalue weighted by molar-refractivity contribution is -0.384. The van der Waals surface area contributed by atoms with Crippen LogP contribution in [0.2, 0.25) is 0 Å². The van der Waals surface area contributed by atoms with E-state index < -0.39 is 16.9 Å². The maximum absolute atomic E-state index is 12.4. The molecule has 0 heterocycles. The van der Waals surface area contributed by atoms with Gasteiger partial charge < -0.3 is 16.2 Å². The Kier molecular flexibility index (Phi) is 6.46. The largest absolute Gasteiger partial charge is 0.480 e. The number of carboxylic acids is 1. The van der Waals surface area contributed by atoms with Crippen LogP contribution in [0.3, 0.4) is 0 Å². The molecule has 1 aliphatic rings. The summed E-state index contributed by atoms with van der Waals surface area (Å²) >= 11 is 0. The van der Waals surface area contributed by atoms with Crippen molar-refractivity contribution in [2.75, 3.05) is 6.54 Å². The number of nitro benzene ring substituents is 1. The first kappa shape index (κ1) is 18.9. The molecule has 0 saturated heterocycles. The molecule has 0 aliphatic heterocycles. The smallest absolute Gasteiger partial charge is 0.326 e. The summed E-state index contributed by atoms with van der Waals surface area (Å²) in [5.41, 5.74) is 6.03. The number of nitrogens with zero attached hydrogens (tertiary/aromatic N) is 1. The average molecular weight is 349 g/mol. The van der Waals surface area contributed by atoms with E-state index in [-0.39, 0.29) is 23.9 Å². The third-order valence-electron chi connectivity index (χ3n) is 4.73. The number of nitrogens with one attached hydrogen (secondary N) is 1. The van der Waals surface area contributed by atoms with Crippen molar-refractivity contribution >= 4 is 17.6 Å². The Bertz CT molecular complexity index is 641. The van der Waals surface area contributed by atoms with Crippen molar-refractivity contribution in [1.29, 1.82) is 0 Å². The van der Waals surface area contributed by atoms with Gasteiger partial charge in [-0.15, -0.1) is 0 Å². The molecule has 1 atom stereocenters. The Hall–Kier alpha value is -2.48. The number of hydrogen-bond acceptors (Lipinski definition) is 5. The summed E-state index contributed by atoms with van der Waals surface area (Å²) in [6.45, 7) is 0.610. The molecule has 8 nitrogen and oxygen atoms in total. The van der Waals surface area contributed by atoms with E-state index >= 15 is 0 Å². The number of aliphatic carboxylic acids is 1. The van der Waals surface area contributed by atoms with E-state index in [2.05, 4.69) is 5.32 Å². The molecular weight excluding hydrogens is 326 g/mol. The van der Waals surface area contributed by atoms with Crippen LogP contribution in [0.25, 0.3) is 0 Å². The monoisotopic (exact) mass is 349 g/mol. The van der Waals surface area contributed by atoms with Crippen LogP contribution < -0.4 is 11.1 Å². The van der Waals surface area contributed by atoms with E-state index in [1.54, 1.807) is 6.07 Å². The van der Waals surface area contributed by atoms with E-state index in [4.69, 9.17) is 5.73 Å². The highest BCUT2D eigenvalue weighted by Gasteiger charge is 2.29. The Morgan fingerprint density at radius 3 is 2.56 bits per heavy atom. The summed E-state index contributed by atoms with van der Waals surface area (Å²) in [5, 5.41) is 22.8. The molecule has 25 heavy (non-hydrogen) atoms. The number of carbonyl (C=O) groups is 2. The molecule has 0 bridgehead atoms. The maximum atomic E-state index is 12.4. The first-order valence-corrected chi connectivity index (χ1v) is 8.37. The Morgan fingerprint density at radius 1 is 1.32 bits per heavy atom. The number of nitro groups is 1. The van der Waals surface area contributed by atoms with E-state index in [0.29, 0.717) is 30.9 Å². The molecule has 0 aromatic heterocycles. The number of carbonyl (C=O) groups excluding carboxylic acids is 1. The van der Waals surface area contributed by atoms with Crippen LogP contribution in [-0.2, 0) is 16.0 Å². The van der Waals surface area contributed by atoms with Gasteiger partial charge in [0.25, 0.3) is 5.69 Å². The lowest BCUT2D eigenvalue weighted by Gasteiger charge is -2.27. The fourth-order valence-corrected chi connectivity index (χ4v) is 3.18. The van der Waals surface area contributed by atoms with Gasteiger partial charge in [-0.05, 0) is 43.7 Å². The SMILES string of the molecule is NCC1CCC(C(=O)NC(Cc2cccc([N+](=O)[O-])c2)C(=O)O)CC1. The second-order valence-corrected chi connectivity index (χ2v) is 6.48. The van der Waals surface area contributed by atoms with Gasteiger partial charge in [0.05, 0.1) is 4.92 Å². The molecule has 1 saturated carbocycles. The third-order valence-corrected chi connectivity index (χ3v) is 4.73. The second-order valence-electron chi connectivity index (χ2n) is 6.48. The molecular formula is C17H23N3O5. The van der Waals surface area contributed by atoms with Gasteiger partial charge in [0.2, 0.25) is 5.91 Å². The molecule has 1 aliphatic carbocycles. The Morgan fingerprint density at radius 2 is 2.00 bits per heavy atom. The molecule has 2 rings (SSSR count). The molecule has 1 amide bonds. The van der Waals surface area contributed by atoms with Gasteiger partial charge >= 0.3 is 5.97 Å². The van der Waals surface area contributed by atoms with E-state index in [1.165, 1.54) is 18.2 Å². The number of benzene rings is 1. The molecule has 136 valence electrons. The summed E-state index contributed by atoms with van der Waals surface area (Å²) in [6, 6.07) is 4.67. The van der Waals surface area contributed by atoms with Crippen molar-refractivity contribution in [2.24, 2.45) is 17.6 Å². The Balaban J connectivity index is 1.99. The summed E-state index contributed by atoms with van der Waals surface area (Å²) in [6.07, 6.45) is 3.16. The number of amides is 1.